The molecule has 0 aliphatic carbocycles. The monoisotopic (exact) mass is 584 g/mol. The van der Waals surface area contributed by atoms with Gasteiger partial charge in [-0.3, -0.25) is 9.69 Å². The summed E-state index contributed by atoms with van der Waals surface area (Å²) in [5.41, 5.74) is 11.0. The Bertz CT molecular complexity index is 1120. The van der Waals surface area contributed by atoms with Crippen molar-refractivity contribution in [1.82, 2.24) is 4.72 Å². The summed E-state index contributed by atoms with van der Waals surface area (Å²) in [6.45, 7) is -0.0432. The Morgan fingerprint density at radius 1 is 1.15 bits per heavy atom. The van der Waals surface area contributed by atoms with E-state index in [0.717, 1.165) is 4.90 Å². The third-order valence-electron chi connectivity index (χ3n) is 4.44. The number of unbranched alkanes of at least 4 members (excludes halogenated alkanes) is 1. The number of carboxylic acid groups (broad SMARTS) is 1. The van der Waals surface area contributed by atoms with E-state index in [1.807, 2.05) is 0 Å². The van der Waals surface area contributed by atoms with Gasteiger partial charge in [0.1, 0.15) is 10.9 Å². The fourth-order valence-electron chi connectivity index (χ4n) is 2.86. The predicted molar refractivity (Wildman–Crippen MR) is 131 cm³/mol. The molecule has 14 heteroatoms. The molecule has 2 amide bonds. The van der Waals surface area contributed by atoms with Gasteiger partial charge in [-0.2, -0.15) is 0 Å². The van der Waals surface area contributed by atoms with E-state index in [0.29, 0.717) is 17.3 Å². The summed E-state index contributed by atoms with van der Waals surface area (Å²) in [4.78, 5) is 23.2. The van der Waals surface area contributed by atoms with Crippen LogP contribution >= 0.6 is 39.9 Å². The molecule has 10 nitrogen and oxygen atoms in total. The number of amides is 2. The normalized spacial score (nSPS) is 12.0. The number of phenolic OH excluding ortho intramolecular Hbond substituents is 1. The second kappa shape index (κ2) is 12.4. The lowest BCUT2D eigenvalue weighted by molar-refractivity contribution is -0.138. The number of carboxylic acids is 1. The summed E-state index contributed by atoms with van der Waals surface area (Å²) in [5, 5.41) is 19.3. The fourth-order valence-corrected chi connectivity index (χ4v) is 5.02. The standard InChI is InChI=1S/C19H22BrClN4O6S.ClH/c20-11-5-1-2-7-14(11)25(19(23)29)15-9-8-12(21)17(16(15)26)32(30,31)24-10-4-3-6-13(22)18(27)28;/h1-2,5,7-9,13,24,26H,3-4,6,10,22H2,(H2,23,29)(H,27,28);1H. The molecular weight excluding hydrogens is 563 g/mol. The van der Waals surface area contributed by atoms with Crippen molar-refractivity contribution in [3.63, 3.8) is 0 Å². The Balaban J connectivity index is 0.00000544. The van der Waals surface area contributed by atoms with E-state index in [1.54, 1.807) is 24.3 Å². The Labute approximate surface area is 210 Å². The first kappa shape index (κ1) is 28.9. The summed E-state index contributed by atoms with van der Waals surface area (Å²) in [5.74, 6) is -1.89. The number of hydrogen-bond acceptors (Lipinski definition) is 6. The smallest absolute Gasteiger partial charge is 0.324 e. The molecule has 0 spiro atoms. The van der Waals surface area contributed by atoms with Gasteiger partial charge in [-0.25, -0.2) is 17.9 Å². The van der Waals surface area contributed by atoms with Crippen molar-refractivity contribution in [2.24, 2.45) is 11.5 Å². The molecule has 0 bridgehead atoms. The third-order valence-corrected chi connectivity index (χ3v) is 7.07. The van der Waals surface area contributed by atoms with Crippen LogP contribution in [0.5, 0.6) is 5.75 Å². The number of rotatable bonds is 10. The number of halogens is 3. The number of aliphatic carboxylic acids is 1. The molecule has 7 N–H and O–H groups in total. The largest absolute Gasteiger partial charge is 0.504 e. The zero-order chi connectivity index (χ0) is 24.1. The number of primary amides is 1. The van der Waals surface area contributed by atoms with E-state index in [2.05, 4.69) is 20.7 Å². The van der Waals surface area contributed by atoms with Gasteiger partial charge in [0.2, 0.25) is 10.0 Å². The van der Waals surface area contributed by atoms with Crippen LogP contribution < -0.4 is 21.1 Å². The van der Waals surface area contributed by atoms with Gasteiger partial charge in [-0.1, -0.05) is 30.2 Å². The van der Waals surface area contributed by atoms with Crippen molar-refractivity contribution in [1.29, 1.82) is 0 Å². The molecule has 0 saturated carbocycles. The van der Waals surface area contributed by atoms with Crippen molar-refractivity contribution < 1.29 is 28.2 Å². The number of anilines is 2. The van der Waals surface area contributed by atoms with E-state index in [4.69, 9.17) is 28.2 Å². The number of nitrogens with one attached hydrogen (secondary N) is 1. The van der Waals surface area contributed by atoms with Crippen molar-refractivity contribution in [3.05, 3.63) is 45.9 Å². The van der Waals surface area contributed by atoms with Gasteiger partial charge in [0.15, 0.2) is 5.75 Å². The van der Waals surface area contributed by atoms with E-state index in [-0.39, 0.29) is 41.8 Å². The summed E-state index contributed by atoms with van der Waals surface area (Å²) in [6.07, 6.45) is 0.855. The zero-order valence-electron chi connectivity index (χ0n) is 17.1. The molecule has 0 radical (unpaired) electrons. The molecule has 182 valence electrons. The summed E-state index contributed by atoms with van der Waals surface area (Å²) in [7, 11) is -4.28. The maximum Gasteiger partial charge on any atom is 0.324 e. The van der Waals surface area contributed by atoms with Gasteiger partial charge >= 0.3 is 12.0 Å². The lowest BCUT2D eigenvalue weighted by Crippen LogP contribution is -2.32. The number of carbonyl (C=O) groups is 2. The molecule has 2 aromatic carbocycles. The number of carbonyl (C=O) groups excluding carboxylic acids is 1. The van der Waals surface area contributed by atoms with Crippen LogP contribution in [0, 0.1) is 0 Å². The molecule has 0 heterocycles. The van der Waals surface area contributed by atoms with Crippen molar-refractivity contribution in [2.75, 3.05) is 11.4 Å². The Morgan fingerprint density at radius 2 is 1.79 bits per heavy atom. The van der Waals surface area contributed by atoms with E-state index in [1.165, 1.54) is 12.1 Å². The number of para-hydroxylation sites is 1. The van der Waals surface area contributed by atoms with Crippen LogP contribution in [0.3, 0.4) is 0 Å². The SMILES string of the molecule is Cl.NC(=O)N(c1ccccc1Br)c1ccc(Cl)c(S(=O)(=O)NCCCCC(N)C(=O)O)c1O. The summed E-state index contributed by atoms with van der Waals surface area (Å²) in [6, 6.07) is 7.05. The van der Waals surface area contributed by atoms with Crippen LogP contribution in [-0.4, -0.2) is 43.2 Å². The van der Waals surface area contributed by atoms with Gasteiger partial charge in [0.25, 0.3) is 0 Å². The molecule has 33 heavy (non-hydrogen) atoms. The minimum absolute atomic E-state index is 0. The van der Waals surface area contributed by atoms with Crippen LogP contribution in [0.1, 0.15) is 19.3 Å². The molecular formula is C19H23BrCl2N4O6S. The number of benzene rings is 2. The molecule has 0 fully saturated rings. The number of urea groups is 1. The van der Waals surface area contributed by atoms with Crippen LogP contribution in [0.2, 0.25) is 5.02 Å². The average Bonchev–Trinajstić information content (AvgIpc) is 2.70. The minimum Gasteiger partial charge on any atom is -0.504 e. The highest BCUT2D eigenvalue weighted by atomic mass is 79.9. The first-order valence-electron chi connectivity index (χ1n) is 9.31. The Hall–Kier alpha value is -2.09. The number of aromatic hydroxyl groups is 1. The lowest BCUT2D eigenvalue weighted by atomic mass is 10.1. The van der Waals surface area contributed by atoms with Crippen molar-refractivity contribution in [2.45, 2.75) is 30.2 Å². The van der Waals surface area contributed by atoms with Crippen molar-refractivity contribution >= 4 is 73.3 Å². The van der Waals surface area contributed by atoms with Gasteiger partial charge in [-0.15, -0.1) is 12.4 Å². The molecule has 1 unspecified atom stereocenters. The Kier molecular flexibility index (Phi) is 10.9. The number of phenols is 1. The van der Waals surface area contributed by atoms with Gasteiger partial charge < -0.3 is 21.7 Å². The molecule has 1 atom stereocenters. The topological polar surface area (TPSA) is 176 Å². The maximum atomic E-state index is 12.8. The number of sulfonamides is 1. The molecule has 2 aromatic rings. The second-order valence-corrected chi connectivity index (χ2v) is 9.67. The summed E-state index contributed by atoms with van der Waals surface area (Å²) < 4.78 is 28.4. The predicted octanol–water partition coefficient (Wildman–Crippen LogP) is 3.31. The first-order chi connectivity index (χ1) is 15.0. The molecule has 2 rings (SSSR count). The summed E-state index contributed by atoms with van der Waals surface area (Å²) >= 11 is 9.35. The quantitative estimate of drug-likeness (QED) is 0.265. The highest BCUT2D eigenvalue weighted by Gasteiger charge is 2.29. The van der Waals surface area contributed by atoms with Crippen LogP contribution in [0.15, 0.2) is 45.8 Å². The number of nitrogens with two attached hydrogens (primary N) is 2. The number of nitrogens with zero attached hydrogens (tertiary/aromatic N) is 1. The van der Waals surface area contributed by atoms with E-state index >= 15 is 0 Å². The van der Waals surface area contributed by atoms with Crippen LogP contribution in [0.4, 0.5) is 16.2 Å². The molecule has 0 aliphatic rings. The third kappa shape index (κ3) is 7.19. The van der Waals surface area contributed by atoms with Gasteiger partial charge in [-0.05, 0) is 53.0 Å². The van der Waals surface area contributed by atoms with Crippen LogP contribution in [0.25, 0.3) is 0 Å². The number of hydrogen-bond donors (Lipinski definition) is 5. The van der Waals surface area contributed by atoms with Gasteiger partial charge in [0, 0.05) is 11.0 Å². The van der Waals surface area contributed by atoms with Crippen LogP contribution in [-0.2, 0) is 14.8 Å². The molecule has 0 saturated heterocycles. The fraction of sp³-hybridized carbons (Fsp3) is 0.263. The Morgan fingerprint density at radius 3 is 2.36 bits per heavy atom. The minimum atomic E-state index is -4.28. The highest BCUT2D eigenvalue weighted by molar-refractivity contribution is 9.10. The molecule has 0 aromatic heterocycles. The maximum absolute atomic E-state index is 12.8. The van der Waals surface area contributed by atoms with Gasteiger partial charge in [0.05, 0.1) is 16.4 Å². The highest BCUT2D eigenvalue weighted by Crippen LogP contribution is 2.42. The lowest BCUT2D eigenvalue weighted by Gasteiger charge is -2.24. The van der Waals surface area contributed by atoms with E-state index in [9.17, 15) is 23.1 Å². The first-order valence-corrected chi connectivity index (χ1v) is 12.0. The average molecular weight is 586 g/mol. The molecule has 0 aliphatic heterocycles. The second-order valence-electron chi connectivity index (χ2n) is 6.71. The van der Waals surface area contributed by atoms with Crippen molar-refractivity contribution in [3.8, 4) is 5.75 Å². The van der Waals surface area contributed by atoms with E-state index < -0.39 is 38.7 Å². The zero-order valence-corrected chi connectivity index (χ0v) is 21.0.